The van der Waals surface area contributed by atoms with Gasteiger partial charge in [0.05, 0.1) is 0 Å². The van der Waals surface area contributed by atoms with Crippen molar-refractivity contribution in [3.05, 3.63) is 18.2 Å². The number of alkyl halides is 1. The smallest absolute Gasteiger partial charge is 0.128 e. The molecule has 0 aliphatic heterocycles. The number of nitrogens with zero attached hydrogens (tertiary/aromatic N) is 2. The van der Waals surface area contributed by atoms with Gasteiger partial charge in [0.15, 0.2) is 0 Å². The van der Waals surface area contributed by atoms with E-state index in [1.165, 1.54) is 0 Å². The summed E-state index contributed by atoms with van der Waals surface area (Å²) in [7, 11) is 0. The summed E-state index contributed by atoms with van der Waals surface area (Å²) in [5, 5.41) is 0. The van der Waals surface area contributed by atoms with Gasteiger partial charge in [-0.2, -0.15) is 0 Å². The van der Waals surface area contributed by atoms with E-state index < -0.39 is 0 Å². The molecule has 0 radical (unpaired) electrons. The van der Waals surface area contributed by atoms with Crippen molar-refractivity contribution in [2.75, 3.05) is 12.1 Å². The monoisotopic (exact) mass is 230 g/mol. The Labute approximate surface area is 94.5 Å². The molecule has 0 fully saturated rings. The lowest BCUT2D eigenvalue weighted by molar-refractivity contribution is 0.579. The Balaban J connectivity index is 2.43. The van der Waals surface area contributed by atoms with Gasteiger partial charge in [-0.05, 0) is 18.6 Å². The van der Waals surface area contributed by atoms with Crippen molar-refractivity contribution in [3.8, 4) is 0 Å². The number of aryl methyl sites for hydroxylation is 1. The number of halogens is 1. The van der Waals surface area contributed by atoms with Crippen LogP contribution in [0.3, 0.4) is 0 Å². The molecule has 1 aromatic rings. The number of thioether (sulfide) groups is 1. The lowest BCUT2D eigenvalue weighted by Crippen LogP contribution is -2.01. The van der Waals surface area contributed by atoms with E-state index in [1.807, 2.05) is 18.6 Å². The molecule has 0 spiro atoms. The molecular formula is C10H15ClN2S. The maximum absolute atomic E-state index is 5.72. The zero-order valence-electron chi connectivity index (χ0n) is 8.53. The van der Waals surface area contributed by atoms with Gasteiger partial charge in [0.1, 0.15) is 5.82 Å². The Bertz CT molecular complexity index is 263. The van der Waals surface area contributed by atoms with E-state index in [2.05, 4.69) is 16.9 Å². The predicted octanol–water partition coefficient (Wildman–Crippen LogP) is 3.01. The van der Waals surface area contributed by atoms with Crippen molar-refractivity contribution >= 4 is 23.4 Å². The maximum atomic E-state index is 5.72. The fraction of sp³-hybridized carbons (Fsp3) is 0.600. The highest BCUT2D eigenvalue weighted by atomic mass is 35.5. The largest absolute Gasteiger partial charge is 0.240 e. The Hall–Kier alpha value is -0.280. The van der Waals surface area contributed by atoms with E-state index in [9.17, 15) is 0 Å². The van der Waals surface area contributed by atoms with Crippen LogP contribution in [0.25, 0.3) is 0 Å². The Kier molecular flexibility index (Phi) is 5.26. The van der Waals surface area contributed by atoms with Crippen LogP contribution >= 0.6 is 23.4 Å². The molecule has 2 nitrogen and oxygen atoms in total. The standard InChI is InChI=1S/C10H15ClN2S/c1-8(5-11)3-4-10-12-6-9(14-2)7-13-10/h6-8H,3-5H2,1-2H3. The van der Waals surface area contributed by atoms with E-state index in [4.69, 9.17) is 11.6 Å². The van der Waals surface area contributed by atoms with Crippen LogP contribution < -0.4 is 0 Å². The van der Waals surface area contributed by atoms with Crippen LogP contribution in [0, 0.1) is 5.92 Å². The molecule has 14 heavy (non-hydrogen) atoms. The summed E-state index contributed by atoms with van der Waals surface area (Å²) in [5.41, 5.74) is 0. The zero-order valence-corrected chi connectivity index (χ0v) is 10.1. The van der Waals surface area contributed by atoms with E-state index >= 15 is 0 Å². The summed E-state index contributed by atoms with van der Waals surface area (Å²) >= 11 is 7.38. The first-order valence-corrected chi connectivity index (χ1v) is 6.43. The van der Waals surface area contributed by atoms with Gasteiger partial charge in [-0.25, -0.2) is 9.97 Å². The van der Waals surface area contributed by atoms with Crippen LogP contribution in [-0.2, 0) is 6.42 Å². The number of aromatic nitrogens is 2. The Morgan fingerprint density at radius 3 is 2.57 bits per heavy atom. The van der Waals surface area contributed by atoms with E-state index in [0.717, 1.165) is 23.6 Å². The van der Waals surface area contributed by atoms with Gasteiger partial charge in [-0.15, -0.1) is 23.4 Å². The van der Waals surface area contributed by atoms with Gasteiger partial charge in [0, 0.05) is 29.6 Å². The summed E-state index contributed by atoms with van der Waals surface area (Å²) in [5.74, 6) is 2.17. The molecule has 1 aromatic heterocycles. The van der Waals surface area contributed by atoms with E-state index in [0.29, 0.717) is 11.8 Å². The highest BCUT2D eigenvalue weighted by Gasteiger charge is 2.02. The van der Waals surface area contributed by atoms with Gasteiger partial charge < -0.3 is 0 Å². The van der Waals surface area contributed by atoms with Crippen LogP contribution in [-0.4, -0.2) is 22.1 Å². The summed E-state index contributed by atoms with van der Waals surface area (Å²) in [4.78, 5) is 9.67. The van der Waals surface area contributed by atoms with E-state index in [1.54, 1.807) is 11.8 Å². The molecule has 78 valence electrons. The summed E-state index contributed by atoms with van der Waals surface area (Å²) in [6.07, 6.45) is 7.75. The van der Waals surface area contributed by atoms with Crippen molar-refractivity contribution in [1.82, 2.24) is 9.97 Å². The van der Waals surface area contributed by atoms with Crippen molar-refractivity contribution in [2.24, 2.45) is 5.92 Å². The van der Waals surface area contributed by atoms with Crippen LogP contribution in [0.15, 0.2) is 17.3 Å². The van der Waals surface area contributed by atoms with Gasteiger partial charge >= 0.3 is 0 Å². The van der Waals surface area contributed by atoms with Crippen LogP contribution in [0.5, 0.6) is 0 Å². The topological polar surface area (TPSA) is 25.8 Å². The molecule has 1 heterocycles. The SMILES string of the molecule is CSc1cnc(CCC(C)CCl)nc1. The molecule has 1 unspecified atom stereocenters. The van der Waals surface area contributed by atoms with Crippen molar-refractivity contribution in [3.63, 3.8) is 0 Å². The molecule has 0 aromatic carbocycles. The first-order chi connectivity index (χ1) is 6.76. The number of hydrogen-bond donors (Lipinski definition) is 0. The zero-order chi connectivity index (χ0) is 10.4. The van der Waals surface area contributed by atoms with Crippen molar-refractivity contribution in [1.29, 1.82) is 0 Å². The van der Waals surface area contributed by atoms with Crippen molar-refractivity contribution < 1.29 is 0 Å². The van der Waals surface area contributed by atoms with Crippen molar-refractivity contribution in [2.45, 2.75) is 24.7 Å². The fourth-order valence-electron chi connectivity index (χ4n) is 1.03. The summed E-state index contributed by atoms with van der Waals surface area (Å²) in [6, 6.07) is 0. The third kappa shape index (κ3) is 3.84. The lowest BCUT2D eigenvalue weighted by Gasteiger charge is -2.05. The minimum Gasteiger partial charge on any atom is -0.240 e. The molecular weight excluding hydrogens is 216 g/mol. The first-order valence-electron chi connectivity index (χ1n) is 4.67. The summed E-state index contributed by atoms with van der Waals surface area (Å²) < 4.78 is 0. The molecule has 0 aliphatic rings. The first kappa shape index (κ1) is 11.8. The lowest BCUT2D eigenvalue weighted by atomic mass is 10.1. The second kappa shape index (κ2) is 6.25. The molecule has 0 bridgehead atoms. The molecule has 4 heteroatoms. The molecule has 0 saturated carbocycles. The van der Waals surface area contributed by atoms with Crippen LogP contribution in [0.1, 0.15) is 19.2 Å². The Morgan fingerprint density at radius 1 is 1.43 bits per heavy atom. The van der Waals surface area contributed by atoms with Gasteiger partial charge in [0.25, 0.3) is 0 Å². The summed E-state index contributed by atoms with van der Waals surface area (Å²) in [6.45, 7) is 2.14. The normalized spacial score (nSPS) is 12.8. The highest BCUT2D eigenvalue weighted by Crippen LogP contribution is 2.12. The van der Waals surface area contributed by atoms with Gasteiger partial charge in [-0.3, -0.25) is 0 Å². The van der Waals surface area contributed by atoms with E-state index in [-0.39, 0.29) is 0 Å². The third-order valence-corrected chi connectivity index (χ3v) is 3.25. The molecule has 0 aliphatic carbocycles. The Morgan fingerprint density at radius 2 is 2.07 bits per heavy atom. The average molecular weight is 231 g/mol. The number of hydrogen-bond acceptors (Lipinski definition) is 3. The third-order valence-electron chi connectivity index (χ3n) is 2.04. The second-order valence-corrected chi connectivity index (χ2v) is 4.53. The quantitative estimate of drug-likeness (QED) is 0.575. The van der Waals surface area contributed by atoms with Gasteiger partial charge in [-0.1, -0.05) is 6.92 Å². The average Bonchev–Trinajstić information content (AvgIpc) is 2.26. The maximum Gasteiger partial charge on any atom is 0.128 e. The predicted molar refractivity (Wildman–Crippen MR) is 62.0 cm³/mol. The minimum absolute atomic E-state index is 0.542. The van der Waals surface area contributed by atoms with Crippen LogP contribution in [0.4, 0.5) is 0 Å². The fourth-order valence-corrected chi connectivity index (χ4v) is 1.50. The molecule has 1 atom stereocenters. The molecule has 0 saturated heterocycles. The molecule has 0 amide bonds. The second-order valence-electron chi connectivity index (χ2n) is 3.34. The van der Waals surface area contributed by atoms with Crippen LogP contribution in [0.2, 0.25) is 0 Å². The number of rotatable bonds is 5. The van der Waals surface area contributed by atoms with Gasteiger partial charge in [0.2, 0.25) is 0 Å². The minimum atomic E-state index is 0.542. The highest BCUT2D eigenvalue weighted by molar-refractivity contribution is 7.98. The molecule has 1 rings (SSSR count). The molecule has 0 N–H and O–H groups in total.